The van der Waals surface area contributed by atoms with E-state index < -0.39 is 0 Å². The quantitative estimate of drug-likeness (QED) is 0.295. The maximum atomic E-state index is 6.25. The summed E-state index contributed by atoms with van der Waals surface area (Å²) in [5.74, 6) is 0. The zero-order valence-electron chi connectivity index (χ0n) is 14.1. The average Bonchev–Trinajstić information content (AvgIpc) is 2.84. The summed E-state index contributed by atoms with van der Waals surface area (Å²) in [6.07, 6.45) is 0. The van der Waals surface area contributed by atoms with Crippen molar-refractivity contribution in [2.24, 2.45) is 0 Å². The Morgan fingerprint density at radius 1 is 0.222 bits per heavy atom. The molecule has 0 bridgehead atoms. The normalized spacial score (nSPS) is 0.889. The van der Waals surface area contributed by atoms with Crippen LogP contribution in [0.3, 0.4) is 0 Å². The van der Waals surface area contributed by atoms with Gasteiger partial charge >= 0.3 is 63.7 Å². The molecule has 27 heavy (non-hydrogen) atoms. The van der Waals surface area contributed by atoms with Gasteiger partial charge in [0.1, 0.15) is 0 Å². The molecule has 0 radical (unpaired) electrons. The smallest absolute Gasteiger partial charge is 1.00 e. The molecule has 0 aliphatic rings. The van der Waals surface area contributed by atoms with Crippen molar-refractivity contribution in [2.45, 2.75) is 0 Å². The molecule has 126 valence electrons. The summed E-state index contributed by atoms with van der Waals surface area (Å²) in [5, 5.41) is 75.0. The van der Waals surface area contributed by atoms with Gasteiger partial charge in [-0.1, -0.05) is 0 Å². The predicted octanol–water partition coefficient (Wildman–Crippen LogP) is -1.73. The maximum absolute atomic E-state index is 6.25. The Morgan fingerprint density at radius 3 is 0.222 bits per heavy atom. The number of nitrogens with zero attached hydrogens (tertiary/aromatic N) is 12. The molecule has 12 nitrogen and oxygen atoms in total. The van der Waals surface area contributed by atoms with E-state index in [-0.39, 0.29) is 65.1 Å². The third kappa shape index (κ3) is 522. The van der Waals surface area contributed by atoms with Crippen molar-refractivity contribution in [3.63, 3.8) is 0 Å². The molecule has 0 aromatic heterocycles. The Hall–Kier alpha value is -4.08. The largest absolute Gasteiger partial charge is 6.00 e. The first-order valence-corrected chi connectivity index (χ1v) is 2.68. The summed E-state index contributed by atoms with van der Waals surface area (Å²) < 4.78 is 0. The second kappa shape index (κ2) is 576. The van der Waals surface area contributed by atoms with Crippen molar-refractivity contribution in [2.75, 3.05) is 0 Å². The first-order chi connectivity index (χ1) is 12.0. The Labute approximate surface area is 206 Å². The summed E-state index contributed by atoms with van der Waals surface area (Å²) in [7, 11) is 0. The molecule has 0 unspecified atom stereocenters. The summed E-state index contributed by atoms with van der Waals surface area (Å²) >= 11 is 0. The summed E-state index contributed by atoms with van der Waals surface area (Å²) in [5.41, 5.74) is 0. The van der Waals surface area contributed by atoms with Crippen LogP contribution in [-0.4, -0.2) is 0 Å². The van der Waals surface area contributed by atoms with Crippen LogP contribution < -0.4 is 29.6 Å². The molecule has 0 fully saturated rings. The minimum Gasteiger partial charge on any atom is -1.00 e. The zero-order valence-corrected chi connectivity index (χ0v) is 17.3. The third-order valence-electron chi connectivity index (χ3n) is 0. The van der Waals surface area contributed by atoms with Gasteiger partial charge in [0.2, 0.25) is 0 Å². The van der Waals surface area contributed by atoms with Crippen molar-refractivity contribution < 1.29 is 65.1 Å². The van der Waals surface area contributed by atoms with Crippen molar-refractivity contribution in [1.82, 2.24) is 0 Å². The van der Waals surface area contributed by atoms with Gasteiger partial charge in [-0.2, -0.15) is 0 Å². The molecule has 0 N–H and O–H groups in total. The first-order valence-electron chi connectivity index (χ1n) is 2.68. The molecule has 0 heterocycles. The Kier molecular flexibility index (Phi) is 3750. The molecular formula is C12HFe2N12Na. The van der Waals surface area contributed by atoms with Gasteiger partial charge < -0.3 is 143 Å². The van der Waals surface area contributed by atoms with Crippen LogP contribution in [0.4, 0.5) is 0 Å². The molecule has 0 aromatic carbocycles. The average molecular weight is 448 g/mol. The number of hydrogen-bond acceptors (Lipinski definition) is 12. The summed E-state index contributed by atoms with van der Waals surface area (Å²) in [6, 6.07) is 0. The van der Waals surface area contributed by atoms with Crippen molar-refractivity contribution in [1.29, 1.82) is 63.1 Å². The second-order valence-electron chi connectivity index (χ2n) is 0. The topological polar surface area (TPSA) is 285 Å². The van der Waals surface area contributed by atoms with E-state index in [0.717, 1.165) is 0 Å². The van der Waals surface area contributed by atoms with Crippen LogP contribution in [0.2, 0.25) is 0 Å². The van der Waals surface area contributed by atoms with Gasteiger partial charge in [-0.05, 0) is 0 Å². The molecule has 0 aromatic rings. The summed E-state index contributed by atoms with van der Waals surface area (Å²) in [4.78, 5) is 0. The molecule has 0 saturated heterocycles. The van der Waals surface area contributed by atoms with Crippen molar-refractivity contribution in [3.8, 4) is 0 Å². The summed E-state index contributed by atoms with van der Waals surface area (Å²) in [6.45, 7) is 57.0. The second-order valence-corrected chi connectivity index (χ2v) is 0. The standard InChI is InChI=1S/12CN.2Fe.Na.H/c12*1-2;;;;/q12*-1;2*+6;+1;-1. The van der Waals surface area contributed by atoms with Crippen LogP contribution >= 0.6 is 0 Å². The minimum absolute atomic E-state index is 0. The van der Waals surface area contributed by atoms with Crippen LogP contribution in [0, 0.1) is 142 Å². The van der Waals surface area contributed by atoms with Gasteiger partial charge in [0.15, 0.2) is 0 Å². The Balaban J connectivity index is -0.00000000396. The number of rotatable bonds is 0. The molecule has 0 aliphatic carbocycles. The van der Waals surface area contributed by atoms with Crippen LogP contribution in [0.25, 0.3) is 0 Å². The SMILES string of the molecule is [C-]#N.[C-]#N.[C-]#N.[C-]#N.[C-]#N.[C-]#N.[C-]#N.[C-]#N.[C-]#N.[C-]#N.[C-]#N.[C-]#N.[Fe+6].[Fe+6].[H-].[Na+]. The van der Waals surface area contributed by atoms with Gasteiger partial charge in [0.05, 0.1) is 0 Å². The van der Waals surface area contributed by atoms with Crippen LogP contribution in [0.5, 0.6) is 0 Å². The Bertz CT molecular complexity index is 233. The van der Waals surface area contributed by atoms with E-state index in [2.05, 4.69) is 0 Å². The van der Waals surface area contributed by atoms with E-state index >= 15 is 0 Å². The van der Waals surface area contributed by atoms with E-state index in [1.807, 2.05) is 0 Å². The van der Waals surface area contributed by atoms with Gasteiger partial charge in [-0.3, -0.25) is 0 Å². The first kappa shape index (κ1) is 176. The van der Waals surface area contributed by atoms with Crippen LogP contribution in [0.1, 0.15) is 1.43 Å². The number of hydrogen-bond donors (Lipinski definition) is 0. The predicted molar refractivity (Wildman–Crippen MR) is 60.7 cm³/mol. The molecule has 0 atom stereocenters. The van der Waals surface area contributed by atoms with E-state index in [1.165, 1.54) is 0 Å². The molecule has 0 spiro atoms. The fourth-order valence-corrected chi connectivity index (χ4v) is 0. The minimum atomic E-state index is 0. The molecule has 15 heteroatoms. The van der Waals surface area contributed by atoms with E-state index in [1.54, 1.807) is 0 Å². The van der Waals surface area contributed by atoms with Crippen LogP contribution in [0.15, 0.2) is 0 Å². The van der Waals surface area contributed by atoms with Crippen LogP contribution in [-0.2, 0) is 34.1 Å². The van der Waals surface area contributed by atoms with Gasteiger partial charge in [-0.15, -0.1) is 0 Å². The van der Waals surface area contributed by atoms with E-state index in [0.29, 0.717) is 0 Å². The maximum Gasteiger partial charge on any atom is 6.00 e. The molecule has 0 amide bonds. The zero-order chi connectivity index (χ0) is 24.0. The molecule has 0 rings (SSSR count). The van der Waals surface area contributed by atoms with E-state index in [9.17, 15) is 0 Å². The molecular weight excluding hydrogens is 447 g/mol. The fraction of sp³-hybridized carbons (Fsp3) is 0. The fourth-order valence-electron chi connectivity index (χ4n) is 0. The van der Waals surface area contributed by atoms with Gasteiger partial charge in [-0.25, -0.2) is 0 Å². The molecule has 0 saturated carbocycles. The van der Waals surface area contributed by atoms with E-state index in [4.69, 9.17) is 142 Å². The van der Waals surface area contributed by atoms with Crippen molar-refractivity contribution >= 4 is 0 Å². The van der Waals surface area contributed by atoms with Gasteiger partial charge in [0, 0.05) is 0 Å². The van der Waals surface area contributed by atoms with Gasteiger partial charge in [0.25, 0.3) is 0 Å². The monoisotopic (exact) mass is 448 g/mol. The Morgan fingerprint density at radius 2 is 0.222 bits per heavy atom. The molecule has 0 aliphatic heterocycles. The third-order valence-corrected chi connectivity index (χ3v) is 0. The van der Waals surface area contributed by atoms with Crippen molar-refractivity contribution in [3.05, 3.63) is 78.9 Å².